The maximum absolute atomic E-state index is 3.68. The first kappa shape index (κ1) is 14.6. The fourth-order valence-corrected chi connectivity index (χ4v) is 3.36. The fraction of sp³-hybridized carbons (Fsp3) is 0.474. The summed E-state index contributed by atoms with van der Waals surface area (Å²) in [5.41, 5.74) is 1.42. The lowest BCUT2D eigenvalue weighted by Crippen LogP contribution is -2.36. The zero-order valence-electron chi connectivity index (χ0n) is 13.0. The predicted octanol–water partition coefficient (Wildman–Crippen LogP) is 3.66. The molecule has 1 N–H and O–H groups in total. The standard InChI is InChI=1S/C19H26N2/c1-2-21-12-10-16(11-13-21)14-20-15-18-8-5-7-17-6-3-4-9-19(17)18/h3-9,16,20H,2,10-15H2,1H3. The second-order valence-corrected chi connectivity index (χ2v) is 6.15. The zero-order chi connectivity index (χ0) is 14.5. The lowest BCUT2D eigenvalue weighted by atomic mass is 9.96. The van der Waals surface area contributed by atoms with Crippen molar-refractivity contribution in [1.29, 1.82) is 0 Å². The van der Waals surface area contributed by atoms with Gasteiger partial charge in [0.15, 0.2) is 0 Å². The minimum absolute atomic E-state index is 0.850. The molecule has 1 aliphatic heterocycles. The van der Waals surface area contributed by atoms with E-state index < -0.39 is 0 Å². The van der Waals surface area contributed by atoms with Gasteiger partial charge in [-0.1, -0.05) is 49.4 Å². The quantitative estimate of drug-likeness (QED) is 0.900. The number of likely N-dealkylation sites (tertiary alicyclic amines) is 1. The molecule has 0 aliphatic carbocycles. The average Bonchev–Trinajstić information content (AvgIpc) is 2.56. The van der Waals surface area contributed by atoms with Gasteiger partial charge in [0.25, 0.3) is 0 Å². The van der Waals surface area contributed by atoms with Crippen LogP contribution in [0, 0.1) is 5.92 Å². The van der Waals surface area contributed by atoms with Crippen LogP contribution >= 0.6 is 0 Å². The maximum Gasteiger partial charge on any atom is 0.0211 e. The molecule has 0 spiro atoms. The first-order chi connectivity index (χ1) is 10.4. The minimum atomic E-state index is 0.850. The van der Waals surface area contributed by atoms with Gasteiger partial charge in [0.2, 0.25) is 0 Å². The van der Waals surface area contributed by atoms with E-state index in [1.165, 1.54) is 48.8 Å². The van der Waals surface area contributed by atoms with Crippen LogP contribution in [-0.2, 0) is 6.54 Å². The minimum Gasteiger partial charge on any atom is -0.312 e. The second kappa shape index (κ2) is 7.06. The van der Waals surface area contributed by atoms with E-state index in [-0.39, 0.29) is 0 Å². The summed E-state index contributed by atoms with van der Waals surface area (Å²) >= 11 is 0. The fourth-order valence-electron chi connectivity index (χ4n) is 3.36. The molecule has 0 atom stereocenters. The van der Waals surface area contributed by atoms with E-state index in [0.717, 1.165) is 19.0 Å². The van der Waals surface area contributed by atoms with Crippen molar-refractivity contribution in [3.63, 3.8) is 0 Å². The van der Waals surface area contributed by atoms with Gasteiger partial charge in [0.05, 0.1) is 0 Å². The van der Waals surface area contributed by atoms with Crippen LogP contribution in [0.3, 0.4) is 0 Å². The number of nitrogens with one attached hydrogen (secondary N) is 1. The first-order valence-corrected chi connectivity index (χ1v) is 8.26. The summed E-state index contributed by atoms with van der Waals surface area (Å²) in [5, 5.41) is 6.40. The molecule has 2 heteroatoms. The summed E-state index contributed by atoms with van der Waals surface area (Å²) in [5.74, 6) is 0.850. The Morgan fingerprint density at radius 1 is 1.05 bits per heavy atom. The third kappa shape index (κ3) is 3.63. The number of nitrogens with zero attached hydrogens (tertiary/aromatic N) is 1. The Hall–Kier alpha value is -1.38. The van der Waals surface area contributed by atoms with Gasteiger partial charge in [-0.25, -0.2) is 0 Å². The van der Waals surface area contributed by atoms with Crippen LogP contribution in [-0.4, -0.2) is 31.1 Å². The van der Waals surface area contributed by atoms with Crippen LogP contribution in [0.1, 0.15) is 25.3 Å². The molecule has 0 aromatic heterocycles. The monoisotopic (exact) mass is 282 g/mol. The highest BCUT2D eigenvalue weighted by Gasteiger charge is 2.17. The Bertz CT molecular complexity index is 565. The van der Waals surface area contributed by atoms with E-state index in [1.807, 2.05) is 0 Å². The van der Waals surface area contributed by atoms with Crippen molar-refractivity contribution in [1.82, 2.24) is 10.2 Å². The van der Waals surface area contributed by atoms with Crippen molar-refractivity contribution in [2.24, 2.45) is 5.92 Å². The van der Waals surface area contributed by atoms with Crippen LogP contribution in [0.15, 0.2) is 42.5 Å². The lowest BCUT2D eigenvalue weighted by Gasteiger charge is -2.31. The summed E-state index contributed by atoms with van der Waals surface area (Å²) in [4.78, 5) is 2.56. The van der Waals surface area contributed by atoms with Crippen molar-refractivity contribution in [2.75, 3.05) is 26.2 Å². The smallest absolute Gasteiger partial charge is 0.0211 e. The third-order valence-electron chi connectivity index (χ3n) is 4.78. The largest absolute Gasteiger partial charge is 0.312 e. The zero-order valence-corrected chi connectivity index (χ0v) is 13.0. The van der Waals surface area contributed by atoms with E-state index in [9.17, 15) is 0 Å². The molecule has 1 fully saturated rings. The van der Waals surface area contributed by atoms with Crippen LogP contribution < -0.4 is 5.32 Å². The topological polar surface area (TPSA) is 15.3 Å². The molecule has 112 valence electrons. The molecule has 2 nitrogen and oxygen atoms in total. The van der Waals surface area contributed by atoms with Crippen molar-refractivity contribution >= 4 is 10.8 Å². The van der Waals surface area contributed by atoms with Crippen molar-refractivity contribution < 1.29 is 0 Å². The molecule has 0 bridgehead atoms. The Morgan fingerprint density at radius 2 is 1.81 bits per heavy atom. The van der Waals surface area contributed by atoms with Gasteiger partial charge in [-0.2, -0.15) is 0 Å². The summed E-state index contributed by atoms with van der Waals surface area (Å²) in [6.07, 6.45) is 2.69. The van der Waals surface area contributed by atoms with Gasteiger partial charge >= 0.3 is 0 Å². The molecule has 0 saturated carbocycles. The number of piperidine rings is 1. The molecule has 2 aromatic carbocycles. The molecular formula is C19H26N2. The highest BCUT2D eigenvalue weighted by molar-refractivity contribution is 5.85. The van der Waals surface area contributed by atoms with E-state index in [2.05, 4.69) is 59.6 Å². The molecular weight excluding hydrogens is 256 g/mol. The first-order valence-electron chi connectivity index (χ1n) is 8.26. The van der Waals surface area contributed by atoms with Gasteiger partial charge < -0.3 is 10.2 Å². The average molecular weight is 282 g/mol. The molecule has 1 saturated heterocycles. The number of benzene rings is 2. The van der Waals surface area contributed by atoms with E-state index in [1.54, 1.807) is 0 Å². The predicted molar refractivity (Wildman–Crippen MR) is 90.5 cm³/mol. The molecule has 3 rings (SSSR count). The van der Waals surface area contributed by atoms with Crippen LogP contribution in [0.2, 0.25) is 0 Å². The Balaban J connectivity index is 1.53. The van der Waals surface area contributed by atoms with Gasteiger partial charge in [0.1, 0.15) is 0 Å². The molecule has 2 aromatic rings. The van der Waals surface area contributed by atoms with Gasteiger partial charge in [-0.3, -0.25) is 0 Å². The van der Waals surface area contributed by atoms with Crippen molar-refractivity contribution in [3.8, 4) is 0 Å². The third-order valence-corrected chi connectivity index (χ3v) is 4.78. The summed E-state index contributed by atoms with van der Waals surface area (Å²) in [6.45, 7) is 8.15. The Labute approximate surface area is 128 Å². The molecule has 1 aliphatic rings. The van der Waals surface area contributed by atoms with Crippen LogP contribution in [0.25, 0.3) is 10.8 Å². The number of hydrogen-bond acceptors (Lipinski definition) is 2. The highest BCUT2D eigenvalue weighted by Crippen LogP contribution is 2.19. The van der Waals surface area contributed by atoms with E-state index in [4.69, 9.17) is 0 Å². The molecule has 1 heterocycles. The van der Waals surface area contributed by atoms with Crippen LogP contribution in [0.4, 0.5) is 0 Å². The Kier molecular flexibility index (Phi) is 4.89. The molecule has 0 radical (unpaired) electrons. The van der Waals surface area contributed by atoms with E-state index in [0.29, 0.717) is 0 Å². The highest BCUT2D eigenvalue weighted by atomic mass is 15.1. The number of rotatable bonds is 5. The lowest BCUT2D eigenvalue weighted by molar-refractivity contribution is 0.190. The molecule has 0 amide bonds. The summed E-state index contributed by atoms with van der Waals surface area (Å²) < 4.78 is 0. The van der Waals surface area contributed by atoms with E-state index >= 15 is 0 Å². The normalized spacial score (nSPS) is 17.4. The SMILES string of the molecule is CCN1CCC(CNCc2cccc3ccccc23)CC1. The van der Waals surface area contributed by atoms with Crippen molar-refractivity contribution in [2.45, 2.75) is 26.3 Å². The van der Waals surface area contributed by atoms with Gasteiger partial charge in [-0.15, -0.1) is 0 Å². The number of hydrogen-bond donors (Lipinski definition) is 1. The second-order valence-electron chi connectivity index (χ2n) is 6.15. The number of fused-ring (bicyclic) bond motifs is 1. The van der Waals surface area contributed by atoms with Crippen molar-refractivity contribution in [3.05, 3.63) is 48.0 Å². The van der Waals surface area contributed by atoms with Gasteiger partial charge in [0, 0.05) is 6.54 Å². The Morgan fingerprint density at radius 3 is 2.62 bits per heavy atom. The molecule has 0 unspecified atom stereocenters. The molecule has 21 heavy (non-hydrogen) atoms. The summed E-state index contributed by atoms with van der Waals surface area (Å²) in [6, 6.07) is 15.3. The van der Waals surface area contributed by atoms with Gasteiger partial charge in [-0.05, 0) is 61.3 Å². The maximum atomic E-state index is 3.68. The summed E-state index contributed by atoms with van der Waals surface area (Å²) in [7, 11) is 0. The van der Waals surface area contributed by atoms with Crippen LogP contribution in [0.5, 0.6) is 0 Å².